The van der Waals surface area contributed by atoms with Gasteiger partial charge in [-0.2, -0.15) is 0 Å². The predicted octanol–water partition coefficient (Wildman–Crippen LogP) is 3.72. The summed E-state index contributed by atoms with van der Waals surface area (Å²) in [6.07, 6.45) is 1.77. The maximum absolute atomic E-state index is 11.9. The van der Waals surface area contributed by atoms with Crippen molar-refractivity contribution in [3.8, 4) is 0 Å². The molecule has 108 valence electrons. The molecule has 0 spiro atoms. The highest BCUT2D eigenvalue weighted by atomic mass is 32.2. The van der Waals surface area contributed by atoms with Gasteiger partial charge in [-0.15, -0.1) is 0 Å². The summed E-state index contributed by atoms with van der Waals surface area (Å²) < 4.78 is 23.8. The maximum atomic E-state index is 11.9. The molecule has 1 rings (SSSR count). The van der Waals surface area contributed by atoms with Gasteiger partial charge in [0.05, 0.1) is 10.6 Å². The SMILES string of the molecule is CCCS(=O)(=O)c1ccc(NC(C)C(C)CC)cc1. The van der Waals surface area contributed by atoms with E-state index in [-0.39, 0.29) is 5.75 Å². The van der Waals surface area contributed by atoms with Gasteiger partial charge in [0, 0.05) is 11.7 Å². The zero-order valence-corrected chi connectivity index (χ0v) is 13.1. The first-order valence-electron chi connectivity index (χ1n) is 7.00. The highest BCUT2D eigenvalue weighted by Gasteiger charge is 2.13. The fourth-order valence-electron chi connectivity index (χ4n) is 1.90. The van der Waals surface area contributed by atoms with Gasteiger partial charge < -0.3 is 5.32 Å². The molecule has 0 saturated heterocycles. The van der Waals surface area contributed by atoms with E-state index in [2.05, 4.69) is 26.1 Å². The van der Waals surface area contributed by atoms with E-state index < -0.39 is 9.84 Å². The molecule has 1 N–H and O–H groups in total. The Morgan fingerprint density at radius 1 is 1.11 bits per heavy atom. The summed E-state index contributed by atoms with van der Waals surface area (Å²) in [4.78, 5) is 0.413. The summed E-state index contributed by atoms with van der Waals surface area (Å²) in [6, 6.07) is 7.46. The van der Waals surface area contributed by atoms with Crippen molar-refractivity contribution < 1.29 is 8.42 Å². The van der Waals surface area contributed by atoms with Crippen LogP contribution in [0, 0.1) is 5.92 Å². The highest BCUT2D eigenvalue weighted by molar-refractivity contribution is 7.91. The van der Waals surface area contributed by atoms with Gasteiger partial charge in [0.15, 0.2) is 9.84 Å². The molecular formula is C15H25NO2S. The van der Waals surface area contributed by atoms with Crippen LogP contribution in [0.4, 0.5) is 5.69 Å². The smallest absolute Gasteiger partial charge is 0.178 e. The second-order valence-corrected chi connectivity index (χ2v) is 7.27. The average Bonchev–Trinajstić information content (AvgIpc) is 2.38. The van der Waals surface area contributed by atoms with Crippen LogP contribution in [0.15, 0.2) is 29.2 Å². The normalized spacial score (nSPS) is 14.9. The second-order valence-electron chi connectivity index (χ2n) is 5.16. The lowest BCUT2D eigenvalue weighted by Crippen LogP contribution is -2.23. The second kappa shape index (κ2) is 6.94. The molecular weight excluding hydrogens is 258 g/mol. The van der Waals surface area contributed by atoms with E-state index in [1.807, 2.05) is 19.1 Å². The number of nitrogens with one attached hydrogen (secondary N) is 1. The average molecular weight is 283 g/mol. The van der Waals surface area contributed by atoms with Crippen molar-refractivity contribution >= 4 is 15.5 Å². The number of hydrogen-bond acceptors (Lipinski definition) is 3. The summed E-state index contributed by atoms with van der Waals surface area (Å²) in [7, 11) is -3.10. The third kappa shape index (κ3) is 4.53. The monoisotopic (exact) mass is 283 g/mol. The summed E-state index contributed by atoms with van der Waals surface area (Å²) in [5.41, 5.74) is 0.975. The minimum Gasteiger partial charge on any atom is -0.382 e. The van der Waals surface area contributed by atoms with Crippen LogP contribution in [0.5, 0.6) is 0 Å². The molecule has 1 aromatic carbocycles. The maximum Gasteiger partial charge on any atom is 0.178 e. The first-order valence-corrected chi connectivity index (χ1v) is 8.65. The summed E-state index contributed by atoms with van der Waals surface area (Å²) >= 11 is 0. The van der Waals surface area contributed by atoms with E-state index in [1.165, 1.54) is 0 Å². The molecule has 0 fully saturated rings. The Morgan fingerprint density at radius 3 is 2.16 bits per heavy atom. The predicted molar refractivity (Wildman–Crippen MR) is 81.3 cm³/mol. The van der Waals surface area contributed by atoms with Crippen molar-refractivity contribution in [1.82, 2.24) is 0 Å². The lowest BCUT2D eigenvalue weighted by Gasteiger charge is -2.21. The van der Waals surface area contributed by atoms with Gasteiger partial charge in [0.25, 0.3) is 0 Å². The van der Waals surface area contributed by atoms with Crippen LogP contribution in [0.25, 0.3) is 0 Å². The summed E-state index contributed by atoms with van der Waals surface area (Å²) in [5.74, 6) is 0.798. The van der Waals surface area contributed by atoms with E-state index in [1.54, 1.807) is 12.1 Å². The molecule has 0 amide bonds. The van der Waals surface area contributed by atoms with E-state index in [0.29, 0.717) is 23.3 Å². The van der Waals surface area contributed by atoms with Gasteiger partial charge >= 0.3 is 0 Å². The molecule has 3 nitrogen and oxygen atoms in total. The van der Waals surface area contributed by atoms with Crippen molar-refractivity contribution in [3.63, 3.8) is 0 Å². The Bertz CT molecular complexity index is 479. The Kier molecular flexibility index (Phi) is 5.85. The van der Waals surface area contributed by atoms with Gasteiger partial charge in [0.1, 0.15) is 0 Å². The van der Waals surface area contributed by atoms with Crippen LogP contribution in [-0.4, -0.2) is 20.2 Å². The minimum atomic E-state index is -3.10. The zero-order chi connectivity index (χ0) is 14.5. The van der Waals surface area contributed by atoms with Crippen LogP contribution in [0.3, 0.4) is 0 Å². The van der Waals surface area contributed by atoms with Gasteiger partial charge in [0.2, 0.25) is 0 Å². The molecule has 0 aromatic heterocycles. The van der Waals surface area contributed by atoms with E-state index in [4.69, 9.17) is 0 Å². The largest absolute Gasteiger partial charge is 0.382 e. The van der Waals surface area contributed by atoms with Gasteiger partial charge in [-0.3, -0.25) is 0 Å². The Balaban J connectivity index is 2.77. The zero-order valence-electron chi connectivity index (χ0n) is 12.3. The molecule has 0 heterocycles. The topological polar surface area (TPSA) is 46.2 Å². The van der Waals surface area contributed by atoms with Crippen molar-refractivity contribution in [3.05, 3.63) is 24.3 Å². The van der Waals surface area contributed by atoms with E-state index >= 15 is 0 Å². The first kappa shape index (κ1) is 16.0. The van der Waals surface area contributed by atoms with E-state index in [9.17, 15) is 8.42 Å². The minimum absolute atomic E-state index is 0.211. The van der Waals surface area contributed by atoms with Crippen molar-refractivity contribution in [2.75, 3.05) is 11.1 Å². The summed E-state index contributed by atoms with van der Waals surface area (Å²) in [5, 5.41) is 3.41. The fraction of sp³-hybridized carbons (Fsp3) is 0.600. The lowest BCUT2D eigenvalue weighted by molar-refractivity contribution is 0.494. The van der Waals surface area contributed by atoms with Crippen LogP contribution >= 0.6 is 0 Å². The molecule has 0 radical (unpaired) electrons. The van der Waals surface area contributed by atoms with Crippen LogP contribution < -0.4 is 5.32 Å². The van der Waals surface area contributed by atoms with Crippen LogP contribution in [0.2, 0.25) is 0 Å². The molecule has 0 aliphatic heterocycles. The van der Waals surface area contributed by atoms with Gasteiger partial charge in [-0.1, -0.05) is 27.2 Å². The van der Waals surface area contributed by atoms with E-state index in [0.717, 1.165) is 12.1 Å². The molecule has 0 aliphatic rings. The number of anilines is 1. The number of rotatable bonds is 7. The lowest BCUT2D eigenvalue weighted by atomic mass is 10.0. The highest BCUT2D eigenvalue weighted by Crippen LogP contribution is 2.18. The van der Waals surface area contributed by atoms with Crippen molar-refractivity contribution in [2.45, 2.75) is 51.5 Å². The molecule has 0 saturated carbocycles. The third-order valence-corrected chi connectivity index (χ3v) is 5.51. The number of benzene rings is 1. The van der Waals surface area contributed by atoms with Gasteiger partial charge in [-0.25, -0.2) is 8.42 Å². The van der Waals surface area contributed by atoms with Gasteiger partial charge in [-0.05, 0) is 43.5 Å². The molecule has 19 heavy (non-hydrogen) atoms. The molecule has 0 aliphatic carbocycles. The quantitative estimate of drug-likeness (QED) is 0.829. The molecule has 0 bridgehead atoms. The molecule has 4 heteroatoms. The standard InChI is InChI=1S/C15H25NO2S/c1-5-11-19(17,18)15-9-7-14(8-10-15)16-13(4)12(3)6-2/h7-10,12-13,16H,5-6,11H2,1-4H3. The fourth-order valence-corrected chi connectivity index (χ4v) is 3.23. The van der Waals surface area contributed by atoms with Crippen molar-refractivity contribution in [2.24, 2.45) is 5.92 Å². The molecule has 2 atom stereocenters. The third-order valence-electron chi connectivity index (χ3n) is 3.58. The summed E-state index contributed by atoms with van der Waals surface area (Å²) in [6.45, 7) is 8.40. The van der Waals surface area contributed by atoms with Crippen molar-refractivity contribution in [1.29, 1.82) is 0 Å². The number of hydrogen-bond donors (Lipinski definition) is 1. The molecule has 1 aromatic rings. The number of sulfone groups is 1. The molecule has 2 unspecified atom stereocenters. The van der Waals surface area contributed by atoms with Crippen LogP contribution in [-0.2, 0) is 9.84 Å². The van der Waals surface area contributed by atoms with Crippen LogP contribution in [0.1, 0.15) is 40.5 Å². The Morgan fingerprint density at radius 2 is 1.68 bits per heavy atom. The Hall–Kier alpha value is -1.03. The Labute approximate surface area is 117 Å². The first-order chi connectivity index (χ1) is 8.90.